The van der Waals surface area contributed by atoms with E-state index in [9.17, 15) is 9.59 Å². The molecule has 6 rings (SSSR count). The van der Waals surface area contributed by atoms with Gasteiger partial charge in [0.25, 0.3) is 5.91 Å². The minimum Gasteiger partial charge on any atom is -0.340 e. The summed E-state index contributed by atoms with van der Waals surface area (Å²) in [6.07, 6.45) is 8.64. The van der Waals surface area contributed by atoms with Gasteiger partial charge in [0.2, 0.25) is 5.91 Å². The molecule has 2 amide bonds. The number of carbonyl (C=O) groups excluding carboxylic acids is 2. The van der Waals surface area contributed by atoms with Crippen LogP contribution in [0.2, 0.25) is 0 Å². The van der Waals surface area contributed by atoms with Crippen molar-refractivity contribution in [2.75, 3.05) is 43.0 Å². The minimum atomic E-state index is -0.0304. The number of H-pyrrole nitrogens is 1. The van der Waals surface area contributed by atoms with Gasteiger partial charge in [-0.2, -0.15) is 5.10 Å². The highest BCUT2D eigenvalue weighted by atomic mass is 16.2. The third kappa shape index (κ3) is 4.13. The maximum atomic E-state index is 13.7. The second-order valence-electron chi connectivity index (χ2n) is 10.1. The Hall–Kier alpha value is -3.72. The molecule has 36 heavy (non-hydrogen) atoms. The molecule has 2 fully saturated rings. The van der Waals surface area contributed by atoms with Gasteiger partial charge in [-0.3, -0.25) is 24.5 Å². The molecule has 1 saturated carbocycles. The van der Waals surface area contributed by atoms with Crippen molar-refractivity contribution < 1.29 is 9.59 Å². The molecular formula is C27H31N7O2. The first-order valence-electron chi connectivity index (χ1n) is 12.6. The predicted octanol–water partition coefficient (Wildman–Crippen LogP) is 3.00. The third-order valence-corrected chi connectivity index (χ3v) is 7.52. The van der Waals surface area contributed by atoms with Crippen molar-refractivity contribution >= 4 is 40.0 Å². The summed E-state index contributed by atoms with van der Waals surface area (Å²) in [5.74, 6) is 0.715. The van der Waals surface area contributed by atoms with Crippen molar-refractivity contribution in [3.8, 4) is 0 Å². The summed E-state index contributed by atoms with van der Waals surface area (Å²) >= 11 is 0. The fourth-order valence-corrected chi connectivity index (χ4v) is 5.30. The van der Waals surface area contributed by atoms with Crippen LogP contribution < -0.4 is 9.80 Å². The van der Waals surface area contributed by atoms with Crippen molar-refractivity contribution in [1.29, 1.82) is 0 Å². The molecule has 1 aromatic carbocycles. The minimum absolute atomic E-state index is 0.00189. The molecule has 9 nitrogen and oxygen atoms in total. The molecule has 1 aliphatic carbocycles. The Morgan fingerprint density at radius 1 is 1.19 bits per heavy atom. The number of likely N-dealkylation sites (N-methyl/N-ethyl adjacent to an activating group) is 1. The molecule has 0 spiro atoms. The average Bonchev–Trinajstić information content (AvgIpc) is 3.49. The SMILES string of the molecule is Cc1ccc(N2C(=O)CN([C@@H]3CCN(C(=O)/C=C/CN(C)C4CC4)C3)c3n[nH]c4nccc2c34)cc1. The molecular weight excluding hydrogens is 454 g/mol. The topological polar surface area (TPSA) is 88.7 Å². The molecule has 2 aromatic heterocycles. The summed E-state index contributed by atoms with van der Waals surface area (Å²) < 4.78 is 0. The molecule has 1 atom stereocenters. The Morgan fingerprint density at radius 2 is 2.00 bits per heavy atom. The van der Waals surface area contributed by atoms with E-state index in [1.807, 2.05) is 48.2 Å². The van der Waals surface area contributed by atoms with Crippen LogP contribution in [0.4, 0.5) is 17.2 Å². The Bertz CT molecular complexity index is 1330. The Balaban J connectivity index is 1.25. The molecule has 0 unspecified atom stereocenters. The maximum Gasteiger partial charge on any atom is 0.251 e. The van der Waals surface area contributed by atoms with Gasteiger partial charge in [-0.05, 0) is 51.4 Å². The van der Waals surface area contributed by atoms with Crippen LogP contribution in [0.3, 0.4) is 0 Å². The van der Waals surface area contributed by atoms with Gasteiger partial charge in [-0.15, -0.1) is 0 Å². The van der Waals surface area contributed by atoms with Crippen molar-refractivity contribution in [3.63, 3.8) is 0 Å². The van der Waals surface area contributed by atoms with Crippen LogP contribution in [-0.2, 0) is 9.59 Å². The summed E-state index contributed by atoms with van der Waals surface area (Å²) in [6, 6.07) is 10.5. The fourth-order valence-electron chi connectivity index (χ4n) is 5.30. The number of nitrogens with zero attached hydrogens (tertiary/aromatic N) is 6. The Labute approximate surface area is 210 Å². The number of carbonyl (C=O) groups is 2. The number of aromatic nitrogens is 3. The van der Waals surface area contributed by atoms with Crippen molar-refractivity contribution in [3.05, 3.63) is 54.2 Å². The maximum absolute atomic E-state index is 13.7. The van der Waals surface area contributed by atoms with E-state index in [0.29, 0.717) is 24.8 Å². The quantitative estimate of drug-likeness (QED) is 0.540. The number of amides is 2. The highest BCUT2D eigenvalue weighted by molar-refractivity contribution is 6.14. The van der Waals surface area contributed by atoms with Gasteiger partial charge in [-0.1, -0.05) is 23.8 Å². The van der Waals surface area contributed by atoms with Crippen LogP contribution in [-0.4, -0.2) is 82.1 Å². The van der Waals surface area contributed by atoms with Crippen LogP contribution in [0.5, 0.6) is 0 Å². The molecule has 9 heteroatoms. The van der Waals surface area contributed by atoms with E-state index < -0.39 is 0 Å². The number of aromatic amines is 1. The van der Waals surface area contributed by atoms with Gasteiger partial charge >= 0.3 is 0 Å². The molecule has 2 aliphatic heterocycles. The van der Waals surface area contributed by atoms with Gasteiger partial charge in [0, 0.05) is 43.6 Å². The number of hydrogen-bond acceptors (Lipinski definition) is 6. The standard InChI is InChI=1S/C27H31N7O2/c1-18-5-7-20(8-6-18)34-22-11-13-28-26-25(22)27(30-29-26)33(17-24(34)36)21-12-15-32(16-21)23(35)4-3-14-31(2)19-9-10-19/h3-8,11,13,19,21H,9-10,12,14-17H2,1-2H3,(H,28,29,30)/b4-3+/t21-/m1/s1. The molecule has 1 N–H and O–H groups in total. The summed E-state index contributed by atoms with van der Waals surface area (Å²) in [5, 5.41) is 8.46. The highest BCUT2D eigenvalue weighted by Crippen LogP contribution is 2.40. The number of rotatable bonds is 6. The number of hydrogen-bond donors (Lipinski definition) is 1. The van der Waals surface area contributed by atoms with Crippen LogP contribution in [0.15, 0.2) is 48.7 Å². The summed E-state index contributed by atoms with van der Waals surface area (Å²) in [7, 11) is 2.10. The van der Waals surface area contributed by atoms with E-state index >= 15 is 0 Å². The Morgan fingerprint density at radius 3 is 2.78 bits per heavy atom. The largest absolute Gasteiger partial charge is 0.340 e. The number of nitrogens with one attached hydrogen (secondary N) is 1. The van der Waals surface area contributed by atoms with Crippen molar-refractivity contribution in [2.45, 2.75) is 38.3 Å². The van der Waals surface area contributed by atoms with Gasteiger partial charge in [0.05, 0.1) is 23.7 Å². The number of pyridine rings is 1. The van der Waals surface area contributed by atoms with Gasteiger partial charge in [-0.25, -0.2) is 4.98 Å². The smallest absolute Gasteiger partial charge is 0.251 e. The first-order chi connectivity index (χ1) is 17.5. The van der Waals surface area contributed by atoms with E-state index in [0.717, 1.165) is 41.1 Å². The lowest BCUT2D eigenvalue weighted by Gasteiger charge is -2.28. The fraction of sp³-hybridized carbons (Fsp3) is 0.407. The lowest BCUT2D eigenvalue weighted by atomic mass is 10.2. The molecule has 1 saturated heterocycles. The van der Waals surface area contributed by atoms with E-state index in [2.05, 4.69) is 32.0 Å². The second kappa shape index (κ2) is 9.05. The summed E-state index contributed by atoms with van der Waals surface area (Å²) in [4.78, 5) is 39.0. The monoisotopic (exact) mass is 485 g/mol. The molecule has 0 radical (unpaired) electrons. The number of anilines is 3. The zero-order valence-electron chi connectivity index (χ0n) is 20.7. The molecule has 0 bridgehead atoms. The summed E-state index contributed by atoms with van der Waals surface area (Å²) in [5.41, 5.74) is 3.37. The van der Waals surface area contributed by atoms with Crippen molar-refractivity contribution in [1.82, 2.24) is 25.0 Å². The van der Waals surface area contributed by atoms with Gasteiger partial charge in [0.1, 0.15) is 0 Å². The number of likely N-dealkylation sites (tertiary alicyclic amines) is 1. The Kier molecular flexibility index (Phi) is 5.72. The van der Waals surface area contributed by atoms with E-state index in [4.69, 9.17) is 0 Å². The van der Waals surface area contributed by atoms with Gasteiger partial charge in [0.15, 0.2) is 11.5 Å². The molecule has 3 aliphatic rings. The lowest BCUT2D eigenvalue weighted by Crippen LogP contribution is -2.44. The van der Waals surface area contributed by atoms with Crippen LogP contribution in [0, 0.1) is 6.92 Å². The highest BCUT2D eigenvalue weighted by Gasteiger charge is 2.37. The van der Waals surface area contributed by atoms with E-state index in [1.165, 1.54) is 12.8 Å². The number of aryl methyl sites for hydroxylation is 1. The van der Waals surface area contributed by atoms with Crippen LogP contribution in [0.1, 0.15) is 24.8 Å². The van der Waals surface area contributed by atoms with Crippen LogP contribution in [0.25, 0.3) is 11.0 Å². The zero-order chi connectivity index (χ0) is 24.8. The van der Waals surface area contributed by atoms with E-state index in [-0.39, 0.29) is 24.4 Å². The van der Waals surface area contributed by atoms with Crippen molar-refractivity contribution in [2.24, 2.45) is 0 Å². The normalized spacial score (nSPS) is 20.2. The zero-order valence-corrected chi connectivity index (χ0v) is 20.7. The summed E-state index contributed by atoms with van der Waals surface area (Å²) in [6.45, 7) is 4.22. The lowest BCUT2D eigenvalue weighted by molar-refractivity contribution is -0.125. The average molecular weight is 486 g/mol. The number of benzene rings is 1. The third-order valence-electron chi connectivity index (χ3n) is 7.52. The first-order valence-corrected chi connectivity index (χ1v) is 12.6. The predicted molar refractivity (Wildman–Crippen MR) is 139 cm³/mol. The van der Waals surface area contributed by atoms with Crippen LogP contribution >= 0.6 is 0 Å². The van der Waals surface area contributed by atoms with E-state index in [1.54, 1.807) is 17.2 Å². The second-order valence-corrected chi connectivity index (χ2v) is 10.1. The molecule has 3 aromatic rings. The first kappa shape index (κ1) is 22.7. The molecule has 4 heterocycles. The van der Waals surface area contributed by atoms with Gasteiger partial charge < -0.3 is 9.80 Å². The molecule has 186 valence electrons.